The zero-order chi connectivity index (χ0) is 15.6. The highest BCUT2D eigenvalue weighted by molar-refractivity contribution is 5.69. The highest BCUT2D eigenvalue weighted by atomic mass is 16.7. The topological polar surface area (TPSA) is 68.2 Å². The summed E-state index contributed by atoms with van der Waals surface area (Å²) in [6, 6.07) is 9.47. The van der Waals surface area contributed by atoms with Gasteiger partial charge in [-0.1, -0.05) is 30.3 Å². The van der Waals surface area contributed by atoms with Crippen molar-refractivity contribution in [1.29, 1.82) is 0 Å². The van der Waals surface area contributed by atoms with Crippen LogP contribution in [0.3, 0.4) is 0 Å². The van der Waals surface area contributed by atoms with E-state index in [1.54, 1.807) is 7.11 Å². The molecule has 1 N–H and O–H groups in total. The molecule has 2 saturated heterocycles. The quantitative estimate of drug-likeness (QED) is 0.923. The summed E-state index contributed by atoms with van der Waals surface area (Å²) in [5, 5.41) is 10.8. The van der Waals surface area contributed by atoms with E-state index in [0.717, 1.165) is 5.56 Å². The molecule has 3 rings (SSSR count). The molecule has 2 aliphatic rings. The van der Waals surface area contributed by atoms with Gasteiger partial charge in [0.1, 0.15) is 12.7 Å². The molecular weight excluding hydrogens is 286 g/mol. The Morgan fingerprint density at radius 3 is 2.91 bits per heavy atom. The van der Waals surface area contributed by atoms with Crippen LogP contribution in [0.25, 0.3) is 0 Å². The summed E-state index contributed by atoms with van der Waals surface area (Å²) in [7, 11) is 1.58. The first-order valence-electron chi connectivity index (χ1n) is 7.52. The number of nitrogens with zero attached hydrogens (tertiary/aromatic N) is 1. The molecule has 1 aromatic carbocycles. The molecule has 120 valence electrons. The number of likely N-dealkylation sites (tertiary alicyclic amines) is 1. The Balaban J connectivity index is 1.61. The number of methoxy groups -OCH3 is 1. The number of hydrogen-bond donors (Lipinski definition) is 1. The van der Waals surface area contributed by atoms with Crippen LogP contribution in [-0.2, 0) is 20.8 Å². The monoisotopic (exact) mass is 307 g/mol. The number of amides is 1. The molecule has 6 heteroatoms. The predicted molar refractivity (Wildman–Crippen MR) is 77.8 cm³/mol. The third-order valence-corrected chi connectivity index (χ3v) is 4.35. The van der Waals surface area contributed by atoms with Gasteiger partial charge in [-0.2, -0.15) is 0 Å². The Bertz CT molecular complexity index is 523. The molecule has 0 spiro atoms. The van der Waals surface area contributed by atoms with Gasteiger partial charge in [-0.15, -0.1) is 0 Å². The van der Waals surface area contributed by atoms with Crippen molar-refractivity contribution in [2.45, 2.75) is 44.0 Å². The highest BCUT2D eigenvalue weighted by Crippen LogP contribution is 2.39. The van der Waals surface area contributed by atoms with E-state index < -0.39 is 17.9 Å². The molecule has 2 heterocycles. The van der Waals surface area contributed by atoms with Crippen LogP contribution in [0.2, 0.25) is 0 Å². The van der Waals surface area contributed by atoms with E-state index >= 15 is 0 Å². The summed E-state index contributed by atoms with van der Waals surface area (Å²) < 4.78 is 16.2. The summed E-state index contributed by atoms with van der Waals surface area (Å²) in [6.45, 7) is 0.615. The fraction of sp³-hybridized carbons (Fsp3) is 0.562. The molecule has 0 radical (unpaired) electrons. The number of fused-ring (bicyclic) bond motifs is 1. The smallest absolute Gasteiger partial charge is 0.412 e. The predicted octanol–water partition coefficient (Wildman–Crippen LogP) is 1.87. The molecule has 0 saturated carbocycles. The maximum Gasteiger partial charge on any atom is 0.412 e. The minimum Gasteiger partial charge on any atom is -0.444 e. The molecule has 1 aromatic rings. The Hall–Kier alpha value is -1.63. The van der Waals surface area contributed by atoms with Crippen LogP contribution in [0.1, 0.15) is 24.8 Å². The number of carbonyl (C=O) groups excluding carboxylic acids is 1. The lowest BCUT2D eigenvalue weighted by molar-refractivity contribution is -0.258. The molecule has 0 aromatic heterocycles. The summed E-state index contributed by atoms with van der Waals surface area (Å²) in [5.74, 6) is 0. The van der Waals surface area contributed by atoms with Gasteiger partial charge in [-0.25, -0.2) is 4.79 Å². The average Bonchev–Trinajstić information content (AvgIpc) is 2.89. The summed E-state index contributed by atoms with van der Waals surface area (Å²) in [6.07, 6.45) is 0.314. The van der Waals surface area contributed by atoms with E-state index in [9.17, 15) is 9.90 Å². The largest absolute Gasteiger partial charge is 0.444 e. The maximum absolute atomic E-state index is 12.3. The number of benzene rings is 1. The van der Waals surface area contributed by atoms with E-state index in [2.05, 4.69) is 0 Å². The van der Waals surface area contributed by atoms with E-state index in [1.807, 2.05) is 30.3 Å². The second-order valence-corrected chi connectivity index (χ2v) is 5.69. The minimum absolute atomic E-state index is 0.193. The van der Waals surface area contributed by atoms with Crippen molar-refractivity contribution in [3.05, 3.63) is 35.9 Å². The van der Waals surface area contributed by atoms with Crippen LogP contribution in [0.4, 0.5) is 4.79 Å². The third-order valence-electron chi connectivity index (χ3n) is 4.35. The fourth-order valence-corrected chi connectivity index (χ4v) is 3.12. The Labute approximate surface area is 129 Å². The van der Waals surface area contributed by atoms with Gasteiger partial charge in [-0.3, -0.25) is 4.90 Å². The van der Waals surface area contributed by atoms with Crippen molar-refractivity contribution in [2.75, 3.05) is 13.7 Å². The Morgan fingerprint density at radius 1 is 1.41 bits per heavy atom. The van der Waals surface area contributed by atoms with Crippen molar-refractivity contribution >= 4 is 6.09 Å². The van der Waals surface area contributed by atoms with Gasteiger partial charge in [0, 0.05) is 26.5 Å². The van der Waals surface area contributed by atoms with E-state index in [4.69, 9.17) is 14.2 Å². The molecule has 0 bridgehead atoms. The average molecular weight is 307 g/mol. The highest BCUT2D eigenvalue weighted by Gasteiger charge is 2.54. The van der Waals surface area contributed by atoms with Gasteiger partial charge >= 0.3 is 6.09 Å². The number of rotatable bonds is 3. The zero-order valence-electron chi connectivity index (χ0n) is 12.6. The Kier molecular flexibility index (Phi) is 4.33. The van der Waals surface area contributed by atoms with Crippen LogP contribution in [0, 0.1) is 0 Å². The Morgan fingerprint density at radius 2 is 2.18 bits per heavy atom. The lowest BCUT2D eigenvalue weighted by Gasteiger charge is -2.41. The molecule has 1 amide bonds. The van der Waals surface area contributed by atoms with Crippen LogP contribution in [0.5, 0.6) is 0 Å². The molecule has 22 heavy (non-hydrogen) atoms. The minimum atomic E-state index is -1.29. The fourth-order valence-electron chi connectivity index (χ4n) is 3.12. The molecule has 6 nitrogen and oxygen atoms in total. The van der Waals surface area contributed by atoms with E-state index in [0.29, 0.717) is 25.8 Å². The maximum atomic E-state index is 12.3. The van der Waals surface area contributed by atoms with Crippen LogP contribution in [0.15, 0.2) is 30.3 Å². The second kappa shape index (κ2) is 6.24. The summed E-state index contributed by atoms with van der Waals surface area (Å²) in [5.41, 5.74) is -0.374. The first-order valence-corrected chi connectivity index (χ1v) is 7.52. The normalized spacial score (nSPS) is 30.9. The number of aliphatic hydroxyl groups is 1. The molecular formula is C16H21NO5. The number of ether oxygens (including phenoxy) is 3. The lowest BCUT2D eigenvalue weighted by Crippen LogP contribution is -2.57. The second-order valence-electron chi connectivity index (χ2n) is 5.69. The van der Waals surface area contributed by atoms with Crippen molar-refractivity contribution in [3.63, 3.8) is 0 Å². The molecule has 2 fully saturated rings. The van der Waals surface area contributed by atoms with Gasteiger partial charge in [0.15, 0.2) is 12.0 Å². The molecule has 0 unspecified atom stereocenters. The van der Waals surface area contributed by atoms with Gasteiger partial charge in [0.2, 0.25) is 0 Å². The van der Waals surface area contributed by atoms with Crippen LogP contribution in [-0.4, -0.2) is 47.9 Å². The standard InChI is InChI=1S/C16H21NO5/c1-20-14-7-9-16(19)13(22-14)8-10-17(16)15(18)21-11-12-5-3-2-4-6-12/h2-6,13-14,19H,7-11H2,1H3/t13-,14+,16+/m1/s1. The third kappa shape index (κ3) is 2.82. The van der Waals surface area contributed by atoms with E-state index in [1.165, 1.54) is 4.90 Å². The van der Waals surface area contributed by atoms with Crippen molar-refractivity contribution in [3.8, 4) is 0 Å². The number of carbonyl (C=O) groups is 1. The van der Waals surface area contributed by atoms with Gasteiger partial charge in [0.25, 0.3) is 0 Å². The first-order chi connectivity index (χ1) is 10.6. The summed E-state index contributed by atoms with van der Waals surface area (Å²) in [4.78, 5) is 13.7. The van der Waals surface area contributed by atoms with Crippen molar-refractivity contribution in [1.82, 2.24) is 4.90 Å². The zero-order valence-corrected chi connectivity index (χ0v) is 12.6. The first kappa shape index (κ1) is 15.3. The van der Waals surface area contributed by atoms with Crippen molar-refractivity contribution in [2.24, 2.45) is 0 Å². The number of hydrogen-bond acceptors (Lipinski definition) is 5. The lowest BCUT2D eigenvalue weighted by atomic mass is 9.98. The molecule has 3 atom stereocenters. The van der Waals surface area contributed by atoms with E-state index in [-0.39, 0.29) is 12.9 Å². The van der Waals surface area contributed by atoms with Gasteiger partial charge < -0.3 is 19.3 Å². The molecule has 2 aliphatic heterocycles. The van der Waals surface area contributed by atoms with Gasteiger partial charge in [0.05, 0.1) is 0 Å². The molecule has 0 aliphatic carbocycles. The van der Waals surface area contributed by atoms with Gasteiger partial charge in [-0.05, 0) is 12.0 Å². The SMILES string of the molecule is CO[C@@H]1CC[C@]2(O)[C@@H](CCN2C(=O)OCc2ccccc2)O1. The van der Waals surface area contributed by atoms with Crippen molar-refractivity contribution < 1.29 is 24.1 Å². The van der Waals surface area contributed by atoms with Crippen LogP contribution < -0.4 is 0 Å². The summed E-state index contributed by atoms with van der Waals surface area (Å²) >= 11 is 0. The van der Waals surface area contributed by atoms with Crippen LogP contribution >= 0.6 is 0 Å².